The van der Waals surface area contributed by atoms with E-state index in [1.165, 1.54) is 62.7 Å². The molecule has 5 heteroatoms. The number of nitrogens with zero attached hydrogens (tertiary/aromatic N) is 2. The average Bonchev–Trinajstić information content (AvgIpc) is 2.71. The predicted molar refractivity (Wildman–Crippen MR) is 117 cm³/mol. The van der Waals surface area contributed by atoms with E-state index in [1.54, 1.807) is 7.11 Å². The molecule has 1 heterocycles. The van der Waals surface area contributed by atoms with Gasteiger partial charge in [0, 0.05) is 40.4 Å². The Kier molecular flexibility index (Phi) is 8.16. The molecule has 156 valence electrons. The Morgan fingerprint density at radius 3 is 2.36 bits per heavy atom. The second kappa shape index (κ2) is 10.8. The highest BCUT2D eigenvalue weighted by Crippen LogP contribution is 2.43. The summed E-state index contributed by atoms with van der Waals surface area (Å²) in [5.74, 6) is 0.890. The molecule has 0 aromatic heterocycles. The van der Waals surface area contributed by atoms with Crippen LogP contribution in [-0.4, -0.2) is 51.3 Å². The SMILES string of the molecule is CN=C(NCc1ccc(CN2CCCCC2)cc1)NCC1(CCOC)CCC1. The van der Waals surface area contributed by atoms with Gasteiger partial charge in [-0.25, -0.2) is 0 Å². The number of piperidine rings is 1. The molecule has 3 rings (SSSR count). The molecule has 0 amide bonds. The van der Waals surface area contributed by atoms with Crippen LogP contribution < -0.4 is 10.6 Å². The normalized spacial score (nSPS) is 19.9. The summed E-state index contributed by atoms with van der Waals surface area (Å²) >= 11 is 0. The van der Waals surface area contributed by atoms with Crippen LogP contribution in [0.15, 0.2) is 29.3 Å². The average molecular weight is 387 g/mol. The van der Waals surface area contributed by atoms with Crippen molar-refractivity contribution < 1.29 is 4.74 Å². The third-order valence-electron chi connectivity index (χ3n) is 6.44. The first-order chi connectivity index (χ1) is 13.7. The third-order valence-corrected chi connectivity index (χ3v) is 6.44. The van der Waals surface area contributed by atoms with Gasteiger partial charge in [-0.1, -0.05) is 37.1 Å². The van der Waals surface area contributed by atoms with Gasteiger partial charge in [0.2, 0.25) is 0 Å². The molecule has 2 N–H and O–H groups in total. The summed E-state index contributed by atoms with van der Waals surface area (Å²) in [5, 5.41) is 6.99. The molecular formula is C23H38N4O. The monoisotopic (exact) mass is 386 g/mol. The van der Waals surface area contributed by atoms with Gasteiger partial charge in [-0.15, -0.1) is 0 Å². The van der Waals surface area contributed by atoms with Crippen molar-refractivity contribution in [3.63, 3.8) is 0 Å². The molecule has 1 saturated carbocycles. The highest BCUT2D eigenvalue weighted by Gasteiger charge is 2.36. The van der Waals surface area contributed by atoms with Gasteiger partial charge in [-0.05, 0) is 61.7 Å². The van der Waals surface area contributed by atoms with Gasteiger partial charge >= 0.3 is 0 Å². The number of guanidine groups is 1. The van der Waals surface area contributed by atoms with E-state index < -0.39 is 0 Å². The topological polar surface area (TPSA) is 48.9 Å². The molecule has 0 spiro atoms. The van der Waals surface area contributed by atoms with Gasteiger partial charge < -0.3 is 15.4 Å². The maximum Gasteiger partial charge on any atom is 0.191 e. The first-order valence-corrected chi connectivity index (χ1v) is 11.0. The minimum Gasteiger partial charge on any atom is -0.385 e. The zero-order valence-electron chi connectivity index (χ0n) is 17.8. The lowest BCUT2D eigenvalue weighted by molar-refractivity contribution is 0.0732. The minimum absolute atomic E-state index is 0.393. The number of hydrogen-bond acceptors (Lipinski definition) is 3. The summed E-state index contributed by atoms with van der Waals surface area (Å²) in [6.07, 6.45) is 9.14. The summed E-state index contributed by atoms with van der Waals surface area (Å²) in [7, 11) is 3.64. The Hall–Kier alpha value is -1.59. The quantitative estimate of drug-likeness (QED) is 0.503. The molecule has 0 radical (unpaired) electrons. The molecule has 2 aliphatic rings. The van der Waals surface area contributed by atoms with Gasteiger partial charge in [-0.3, -0.25) is 9.89 Å². The first-order valence-electron chi connectivity index (χ1n) is 11.0. The first kappa shape index (κ1) is 21.1. The fourth-order valence-corrected chi connectivity index (χ4v) is 4.33. The van der Waals surface area contributed by atoms with E-state index in [2.05, 4.69) is 44.8 Å². The number of likely N-dealkylation sites (tertiary alicyclic amines) is 1. The lowest BCUT2D eigenvalue weighted by Gasteiger charge is -2.42. The van der Waals surface area contributed by atoms with E-state index in [4.69, 9.17) is 4.74 Å². The van der Waals surface area contributed by atoms with E-state index in [0.717, 1.165) is 38.6 Å². The Balaban J connectivity index is 1.41. The second-order valence-corrected chi connectivity index (χ2v) is 8.53. The van der Waals surface area contributed by atoms with Gasteiger partial charge in [0.1, 0.15) is 0 Å². The largest absolute Gasteiger partial charge is 0.385 e. The highest BCUT2D eigenvalue weighted by atomic mass is 16.5. The zero-order chi connectivity index (χ0) is 19.7. The zero-order valence-corrected chi connectivity index (χ0v) is 17.8. The number of aliphatic imine (C=N–C) groups is 1. The summed E-state index contributed by atoms with van der Waals surface area (Å²) in [6.45, 7) is 6.20. The maximum absolute atomic E-state index is 5.29. The third kappa shape index (κ3) is 6.21. The van der Waals surface area contributed by atoms with Gasteiger partial charge in [0.25, 0.3) is 0 Å². The molecule has 1 aromatic carbocycles. The fraction of sp³-hybridized carbons (Fsp3) is 0.696. The van der Waals surface area contributed by atoms with Crippen molar-refractivity contribution in [3.8, 4) is 0 Å². The van der Waals surface area contributed by atoms with Crippen molar-refractivity contribution in [3.05, 3.63) is 35.4 Å². The van der Waals surface area contributed by atoms with Crippen LogP contribution in [0.25, 0.3) is 0 Å². The van der Waals surface area contributed by atoms with Crippen LogP contribution in [-0.2, 0) is 17.8 Å². The van der Waals surface area contributed by atoms with Crippen LogP contribution in [0.1, 0.15) is 56.1 Å². The molecular weight excluding hydrogens is 348 g/mol. The van der Waals surface area contributed by atoms with E-state index in [1.807, 2.05) is 7.05 Å². The molecule has 2 fully saturated rings. The van der Waals surface area contributed by atoms with Crippen LogP contribution in [0.5, 0.6) is 0 Å². The van der Waals surface area contributed by atoms with Crippen LogP contribution in [0, 0.1) is 5.41 Å². The number of benzene rings is 1. The smallest absolute Gasteiger partial charge is 0.191 e. The van der Waals surface area contributed by atoms with Gasteiger partial charge in [0.15, 0.2) is 5.96 Å². The lowest BCUT2D eigenvalue weighted by Crippen LogP contribution is -2.46. The number of rotatable bonds is 9. The number of hydrogen-bond donors (Lipinski definition) is 2. The van der Waals surface area contributed by atoms with E-state index >= 15 is 0 Å². The van der Waals surface area contributed by atoms with E-state index in [9.17, 15) is 0 Å². The number of ether oxygens (including phenoxy) is 1. The fourth-order valence-electron chi connectivity index (χ4n) is 4.33. The van der Waals surface area contributed by atoms with Crippen molar-refractivity contribution in [2.24, 2.45) is 10.4 Å². The summed E-state index contributed by atoms with van der Waals surface area (Å²) < 4.78 is 5.29. The van der Waals surface area contributed by atoms with Crippen LogP contribution in [0.4, 0.5) is 0 Å². The predicted octanol–water partition coefficient (Wildman–Crippen LogP) is 3.54. The van der Waals surface area contributed by atoms with Crippen LogP contribution in [0.2, 0.25) is 0 Å². The molecule has 1 saturated heterocycles. The Bertz CT molecular complexity index is 604. The van der Waals surface area contributed by atoms with Crippen molar-refractivity contribution in [2.75, 3.05) is 40.4 Å². The Morgan fingerprint density at radius 1 is 1.04 bits per heavy atom. The van der Waals surface area contributed by atoms with Crippen LogP contribution in [0.3, 0.4) is 0 Å². The summed E-state index contributed by atoms with van der Waals surface area (Å²) in [6, 6.07) is 9.03. The highest BCUT2D eigenvalue weighted by molar-refractivity contribution is 5.79. The van der Waals surface area contributed by atoms with E-state index in [0.29, 0.717) is 5.41 Å². The maximum atomic E-state index is 5.29. The molecule has 0 bridgehead atoms. The molecule has 5 nitrogen and oxygen atoms in total. The van der Waals surface area contributed by atoms with Gasteiger partial charge in [0.05, 0.1) is 0 Å². The van der Waals surface area contributed by atoms with Crippen molar-refractivity contribution in [1.82, 2.24) is 15.5 Å². The lowest BCUT2D eigenvalue weighted by atomic mass is 9.67. The molecule has 0 unspecified atom stereocenters. The molecule has 1 aliphatic carbocycles. The molecule has 1 aromatic rings. The Labute approximate surface area is 170 Å². The van der Waals surface area contributed by atoms with Crippen LogP contribution >= 0.6 is 0 Å². The van der Waals surface area contributed by atoms with E-state index in [-0.39, 0.29) is 0 Å². The molecule has 0 atom stereocenters. The number of nitrogens with one attached hydrogen (secondary N) is 2. The minimum atomic E-state index is 0.393. The standard InChI is InChI=1S/C23H38N4O/c1-24-22(26-19-23(11-6-12-23)13-16-28-2)25-17-20-7-9-21(10-8-20)18-27-14-4-3-5-15-27/h7-10H,3-6,11-19H2,1-2H3,(H2,24,25,26). The molecule has 1 aliphatic heterocycles. The Morgan fingerprint density at radius 2 is 1.75 bits per heavy atom. The van der Waals surface area contributed by atoms with Crippen molar-refractivity contribution in [2.45, 2.75) is 58.0 Å². The van der Waals surface area contributed by atoms with Gasteiger partial charge in [-0.2, -0.15) is 0 Å². The van der Waals surface area contributed by atoms with Crippen molar-refractivity contribution >= 4 is 5.96 Å². The summed E-state index contributed by atoms with van der Waals surface area (Å²) in [4.78, 5) is 6.97. The second-order valence-electron chi connectivity index (χ2n) is 8.53. The summed E-state index contributed by atoms with van der Waals surface area (Å²) in [5.41, 5.74) is 3.10. The molecule has 28 heavy (non-hydrogen) atoms. The number of methoxy groups -OCH3 is 1. The van der Waals surface area contributed by atoms with Crippen molar-refractivity contribution in [1.29, 1.82) is 0 Å².